The second kappa shape index (κ2) is 7.78. The van der Waals surface area contributed by atoms with Crippen LogP contribution in [0, 0.1) is 6.92 Å². The number of allylic oxidation sites excluding steroid dienone is 4. The number of carbonyl (C=O) groups is 1. The fraction of sp³-hybridized carbons (Fsp3) is 0.381. The molecule has 6 heteroatoms. The lowest BCUT2D eigenvalue weighted by atomic mass is 10.1. The highest BCUT2D eigenvalue weighted by molar-refractivity contribution is 5.98. The monoisotopic (exact) mass is 365 g/mol. The Bertz CT molecular complexity index is 879. The Labute approximate surface area is 160 Å². The van der Waals surface area contributed by atoms with Crippen LogP contribution in [0.25, 0.3) is 0 Å². The number of aryl methyl sites for hydroxylation is 1. The molecule has 0 spiro atoms. The zero-order chi connectivity index (χ0) is 19.6. The van der Waals surface area contributed by atoms with E-state index in [0.717, 1.165) is 35.5 Å². The molecule has 27 heavy (non-hydrogen) atoms. The number of rotatable bonds is 4. The van der Waals surface area contributed by atoms with Gasteiger partial charge in [0.1, 0.15) is 0 Å². The summed E-state index contributed by atoms with van der Waals surface area (Å²) in [6.07, 6.45) is 5.76. The lowest BCUT2D eigenvalue weighted by molar-refractivity contribution is 0.0939. The van der Waals surface area contributed by atoms with Crippen LogP contribution in [0.1, 0.15) is 56.5 Å². The van der Waals surface area contributed by atoms with Crippen molar-refractivity contribution < 1.29 is 4.79 Å². The number of amides is 1. The first-order valence-corrected chi connectivity index (χ1v) is 9.36. The summed E-state index contributed by atoms with van der Waals surface area (Å²) >= 11 is 0. The third-order valence-corrected chi connectivity index (χ3v) is 5.09. The normalized spacial score (nSPS) is 18.8. The van der Waals surface area contributed by atoms with Gasteiger partial charge >= 0.3 is 0 Å². The Morgan fingerprint density at radius 2 is 2.15 bits per heavy atom. The molecule has 6 nitrogen and oxygen atoms in total. The van der Waals surface area contributed by atoms with Crippen LogP contribution in [0.5, 0.6) is 0 Å². The van der Waals surface area contributed by atoms with Crippen LogP contribution in [0.3, 0.4) is 0 Å². The van der Waals surface area contributed by atoms with Gasteiger partial charge in [0.25, 0.3) is 5.91 Å². The molecule has 0 radical (unpaired) electrons. The molecule has 0 fully saturated rings. The molecule has 1 aromatic carbocycles. The summed E-state index contributed by atoms with van der Waals surface area (Å²) in [6.45, 7) is 10.2. The first kappa shape index (κ1) is 18.9. The number of aliphatic imine (C=N–C) groups is 1. The Kier molecular flexibility index (Phi) is 5.44. The number of hydrogen-bond donors (Lipinski definition) is 2. The number of hydrazone groups is 1. The molecule has 0 aliphatic carbocycles. The van der Waals surface area contributed by atoms with E-state index in [1.807, 2.05) is 39.0 Å². The van der Waals surface area contributed by atoms with Crippen molar-refractivity contribution in [2.45, 2.75) is 53.5 Å². The molecule has 0 saturated carbocycles. The minimum absolute atomic E-state index is 0.0779. The third kappa shape index (κ3) is 3.94. The fourth-order valence-corrected chi connectivity index (χ4v) is 2.95. The zero-order valence-corrected chi connectivity index (χ0v) is 16.6. The predicted molar refractivity (Wildman–Crippen MR) is 110 cm³/mol. The highest BCUT2D eigenvalue weighted by Gasteiger charge is 2.24. The van der Waals surface area contributed by atoms with Crippen LogP contribution >= 0.6 is 0 Å². The van der Waals surface area contributed by atoms with Crippen molar-refractivity contribution in [2.75, 3.05) is 0 Å². The molecule has 1 unspecified atom stereocenters. The van der Waals surface area contributed by atoms with Crippen molar-refractivity contribution >= 4 is 23.8 Å². The molecule has 2 N–H and O–H groups in total. The van der Waals surface area contributed by atoms with E-state index in [-0.39, 0.29) is 11.9 Å². The maximum Gasteiger partial charge on any atom is 0.251 e. The zero-order valence-electron chi connectivity index (χ0n) is 16.6. The minimum atomic E-state index is -0.0779. The van der Waals surface area contributed by atoms with Crippen molar-refractivity contribution in [3.8, 4) is 0 Å². The van der Waals surface area contributed by atoms with Gasteiger partial charge in [0.05, 0.1) is 17.6 Å². The Balaban J connectivity index is 1.95. The minimum Gasteiger partial charge on any atom is -0.350 e. The first-order chi connectivity index (χ1) is 12.9. The van der Waals surface area contributed by atoms with Crippen LogP contribution < -0.4 is 10.7 Å². The van der Waals surface area contributed by atoms with E-state index in [4.69, 9.17) is 4.99 Å². The van der Waals surface area contributed by atoms with Gasteiger partial charge in [0.2, 0.25) is 5.96 Å². The molecule has 0 saturated heterocycles. The third-order valence-electron chi connectivity index (χ3n) is 5.09. The molecule has 0 aromatic heterocycles. The van der Waals surface area contributed by atoms with E-state index in [2.05, 4.69) is 40.7 Å². The SMILES string of the molecule is CCC(C)NC(=O)c1ccc(C)c(N=C2NN=CC3=CCC(C)=C(C)N32)c1. The molecule has 142 valence electrons. The van der Waals surface area contributed by atoms with Crippen molar-refractivity contribution in [1.29, 1.82) is 0 Å². The van der Waals surface area contributed by atoms with Crippen molar-refractivity contribution in [1.82, 2.24) is 15.6 Å². The average molecular weight is 365 g/mol. The van der Waals surface area contributed by atoms with Crippen molar-refractivity contribution in [2.24, 2.45) is 10.1 Å². The van der Waals surface area contributed by atoms with Gasteiger partial charge in [-0.25, -0.2) is 10.4 Å². The number of carbonyl (C=O) groups excluding carboxylic acids is 1. The van der Waals surface area contributed by atoms with Crippen molar-refractivity contribution in [3.05, 3.63) is 52.4 Å². The predicted octanol–water partition coefficient (Wildman–Crippen LogP) is 3.98. The van der Waals surface area contributed by atoms with Gasteiger partial charge < -0.3 is 5.32 Å². The number of benzene rings is 1. The van der Waals surface area contributed by atoms with Crippen LogP contribution in [0.15, 0.2) is 51.3 Å². The van der Waals surface area contributed by atoms with Crippen LogP contribution in [0.2, 0.25) is 0 Å². The smallest absolute Gasteiger partial charge is 0.251 e. The Hall–Kier alpha value is -2.89. The standard InChI is InChI=1S/C21H27N5O/c1-6-15(4)23-20(27)17-9-7-14(3)19(11-17)24-21-25-22-12-18-10-8-13(2)16(5)26(18)21/h7,9-12,15H,6,8H2,1-5H3,(H,23,27)(H,24,25). The highest BCUT2D eigenvalue weighted by atomic mass is 16.1. The summed E-state index contributed by atoms with van der Waals surface area (Å²) in [5.41, 5.74) is 8.82. The molecule has 1 aromatic rings. The van der Waals surface area contributed by atoms with Gasteiger partial charge in [-0.2, -0.15) is 5.10 Å². The molecular formula is C21H27N5O. The summed E-state index contributed by atoms with van der Waals surface area (Å²) in [5.74, 6) is 0.564. The second-order valence-electron chi connectivity index (χ2n) is 7.12. The summed E-state index contributed by atoms with van der Waals surface area (Å²) < 4.78 is 0. The van der Waals surface area contributed by atoms with Crippen LogP contribution in [0.4, 0.5) is 5.69 Å². The van der Waals surface area contributed by atoms with E-state index >= 15 is 0 Å². The summed E-state index contributed by atoms with van der Waals surface area (Å²) in [7, 11) is 0. The van der Waals surface area contributed by atoms with E-state index < -0.39 is 0 Å². The van der Waals surface area contributed by atoms with E-state index in [1.54, 1.807) is 6.21 Å². The largest absolute Gasteiger partial charge is 0.350 e. The lowest BCUT2D eigenvalue weighted by Gasteiger charge is -2.33. The van der Waals surface area contributed by atoms with Gasteiger partial charge in [0.15, 0.2) is 0 Å². The van der Waals surface area contributed by atoms with E-state index in [1.165, 1.54) is 5.57 Å². The summed E-state index contributed by atoms with van der Waals surface area (Å²) in [4.78, 5) is 19.3. The maximum atomic E-state index is 12.5. The van der Waals surface area contributed by atoms with E-state index in [0.29, 0.717) is 11.5 Å². The number of hydrogen-bond acceptors (Lipinski definition) is 3. The molecule has 1 amide bonds. The Morgan fingerprint density at radius 3 is 2.89 bits per heavy atom. The highest BCUT2D eigenvalue weighted by Crippen LogP contribution is 2.28. The van der Waals surface area contributed by atoms with E-state index in [9.17, 15) is 4.79 Å². The number of fused-ring (bicyclic) bond motifs is 1. The van der Waals surface area contributed by atoms with Crippen molar-refractivity contribution in [3.63, 3.8) is 0 Å². The molecule has 3 rings (SSSR count). The van der Waals surface area contributed by atoms with Gasteiger partial charge in [0, 0.05) is 17.3 Å². The molecular weight excluding hydrogens is 338 g/mol. The fourth-order valence-electron chi connectivity index (χ4n) is 2.95. The number of nitrogens with zero attached hydrogens (tertiary/aromatic N) is 3. The van der Waals surface area contributed by atoms with Gasteiger partial charge in [-0.3, -0.25) is 9.69 Å². The van der Waals surface area contributed by atoms with Gasteiger partial charge in [-0.1, -0.05) is 19.1 Å². The van der Waals surface area contributed by atoms with Crippen LogP contribution in [-0.4, -0.2) is 29.0 Å². The number of guanidine groups is 1. The van der Waals surface area contributed by atoms with Crippen LogP contribution in [-0.2, 0) is 0 Å². The quantitative estimate of drug-likeness (QED) is 0.848. The summed E-state index contributed by atoms with van der Waals surface area (Å²) in [5, 5.41) is 7.22. The molecule has 0 bridgehead atoms. The molecule has 2 aliphatic rings. The van der Waals surface area contributed by atoms with Gasteiger partial charge in [-0.15, -0.1) is 0 Å². The maximum absolute atomic E-state index is 12.5. The average Bonchev–Trinajstić information content (AvgIpc) is 2.66. The molecule has 2 heterocycles. The Morgan fingerprint density at radius 1 is 1.37 bits per heavy atom. The second-order valence-corrected chi connectivity index (χ2v) is 7.12. The molecule has 2 aliphatic heterocycles. The van der Waals surface area contributed by atoms with Gasteiger partial charge in [-0.05, 0) is 63.8 Å². The first-order valence-electron chi connectivity index (χ1n) is 9.36. The molecule has 1 atom stereocenters. The lowest BCUT2D eigenvalue weighted by Crippen LogP contribution is -2.42. The number of nitrogens with one attached hydrogen (secondary N) is 2. The summed E-state index contributed by atoms with van der Waals surface area (Å²) in [6, 6.07) is 5.74. The topological polar surface area (TPSA) is 69.1 Å².